The van der Waals surface area contributed by atoms with Gasteiger partial charge in [-0.2, -0.15) is 0 Å². The van der Waals surface area contributed by atoms with Crippen LogP contribution in [-0.2, 0) is 0 Å². The number of benzene rings is 10. The van der Waals surface area contributed by atoms with E-state index in [1.807, 2.05) is 0 Å². The highest BCUT2D eigenvalue weighted by atomic mass is 127. The van der Waals surface area contributed by atoms with Gasteiger partial charge in [0.1, 0.15) is 0 Å². The van der Waals surface area contributed by atoms with Crippen LogP contribution < -0.4 is 9.80 Å². The van der Waals surface area contributed by atoms with Crippen LogP contribution in [0.2, 0.25) is 0 Å². The Bertz CT molecular complexity index is 2850. The first kappa shape index (κ1) is 34.8. The minimum Gasteiger partial charge on any atom is -0.309 e. The fourth-order valence-electron chi connectivity index (χ4n) is 7.96. The van der Waals surface area contributed by atoms with Crippen LogP contribution in [0.3, 0.4) is 0 Å². The summed E-state index contributed by atoms with van der Waals surface area (Å²) in [5, 5.41) is 9.81. The van der Waals surface area contributed by atoms with Crippen molar-refractivity contribution in [2.45, 2.75) is 0 Å². The second-order valence-corrected chi connectivity index (χ2v) is 16.4. The number of anilines is 6. The zero-order valence-electron chi connectivity index (χ0n) is 30.3. The average molecular weight is 941 g/mol. The lowest BCUT2D eigenvalue weighted by molar-refractivity contribution is 1.29. The summed E-state index contributed by atoms with van der Waals surface area (Å²) in [5.74, 6) is 0. The Kier molecular flexibility index (Phi) is 9.16. The van der Waals surface area contributed by atoms with Crippen molar-refractivity contribution >= 4 is 122 Å². The highest BCUT2D eigenvalue weighted by Crippen LogP contribution is 2.45. The van der Waals surface area contributed by atoms with Gasteiger partial charge in [0.25, 0.3) is 0 Å². The molecule has 266 valence electrons. The Balaban J connectivity index is 1.06. The molecule has 10 aromatic carbocycles. The quantitative estimate of drug-likeness (QED) is 0.147. The third-order valence-corrected chi connectivity index (χ3v) is 12.5. The van der Waals surface area contributed by atoms with E-state index >= 15 is 0 Å². The van der Waals surface area contributed by atoms with Crippen LogP contribution in [0.15, 0.2) is 206 Å². The Morgan fingerprint density at radius 1 is 0.268 bits per heavy atom. The van der Waals surface area contributed by atoms with Crippen molar-refractivity contribution in [3.63, 3.8) is 0 Å². The Hall–Kier alpha value is -5.70. The van der Waals surface area contributed by atoms with Gasteiger partial charge < -0.3 is 9.80 Å². The van der Waals surface area contributed by atoms with Gasteiger partial charge in [0, 0.05) is 40.7 Å². The fraction of sp³-hybridized carbons (Fsp3) is 0. The monoisotopic (exact) mass is 940 g/mol. The van der Waals surface area contributed by atoms with E-state index in [1.54, 1.807) is 0 Å². The molecule has 4 heteroatoms. The molecule has 0 saturated heterocycles. The van der Waals surface area contributed by atoms with E-state index < -0.39 is 0 Å². The van der Waals surface area contributed by atoms with Gasteiger partial charge in [0.2, 0.25) is 0 Å². The number of rotatable bonds is 7. The van der Waals surface area contributed by atoms with E-state index in [-0.39, 0.29) is 0 Å². The Morgan fingerprint density at radius 3 is 1.00 bits per heavy atom. The predicted molar refractivity (Wildman–Crippen MR) is 257 cm³/mol. The molecule has 0 aliphatic carbocycles. The van der Waals surface area contributed by atoms with E-state index in [9.17, 15) is 0 Å². The lowest BCUT2D eigenvalue weighted by Crippen LogP contribution is -2.12. The maximum atomic E-state index is 2.49. The zero-order chi connectivity index (χ0) is 37.6. The summed E-state index contributed by atoms with van der Waals surface area (Å²) in [6, 6.07) is 75.0. The summed E-state index contributed by atoms with van der Waals surface area (Å²) in [7, 11) is 0. The summed E-state index contributed by atoms with van der Waals surface area (Å²) < 4.78 is 2.40. The normalized spacial score (nSPS) is 11.4. The van der Waals surface area contributed by atoms with Crippen molar-refractivity contribution < 1.29 is 0 Å². The first-order chi connectivity index (χ1) is 27.6. The molecular formula is C52H34I2N2. The zero-order valence-corrected chi connectivity index (χ0v) is 34.6. The standard InChI is InChI=1S/C52H34I2N2/c53-49-31-23-39-11-5-7-15-47(39)51(49)55(45-29-21-35-9-1-3-13-41(35)33-45)43-25-17-37(18-26-43)38-19-27-44(28-20-38)56(46-30-22-36-10-2-4-14-42(36)34-46)52-48-16-8-6-12-40(48)24-32-50(52)54/h1-34H. The highest BCUT2D eigenvalue weighted by molar-refractivity contribution is 14.1. The van der Waals surface area contributed by atoms with Gasteiger partial charge in [-0.1, -0.05) is 146 Å². The fourth-order valence-corrected chi connectivity index (χ4v) is 9.39. The molecule has 0 aliphatic heterocycles. The second kappa shape index (κ2) is 14.8. The maximum Gasteiger partial charge on any atom is 0.0673 e. The molecule has 0 radical (unpaired) electrons. The molecule has 0 fully saturated rings. The number of hydrogen-bond acceptors (Lipinski definition) is 2. The van der Waals surface area contributed by atoms with E-state index in [0.717, 1.165) is 22.7 Å². The molecule has 0 spiro atoms. The van der Waals surface area contributed by atoms with Gasteiger partial charge in [0.15, 0.2) is 0 Å². The van der Waals surface area contributed by atoms with E-state index in [2.05, 4.69) is 261 Å². The van der Waals surface area contributed by atoms with Crippen LogP contribution in [0.5, 0.6) is 0 Å². The smallest absolute Gasteiger partial charge is 0.0673 e. The molecule has 2 nitrogen and oxygen atoms in total. The van der Waals surface area contributed by atoms with Gasteiger partial charge in [-0.25, -0.2) is 0 Å². The Morgan fingerprint density at radius 2 is 0.589 bits per heavy atom. The van der Waals surface area contributed by atoms with Gasteiger partial charge in [0.05, 0.1) is 11.4 Å². The van der Waals surface area contributed by atoms with Crippen LogP contribution in [0, 0.1) is 7.14 Å². The number of nitrogens with zero attached hydrogens (tertiary/aromatic N) is 2. The van der Waals surface area contributed by atoms with Crippen LogP contribution in [-0.4, -0.2) is 0 Å². The van der Waals surface area contributed by atoms with Gasteiger partial charge >= 0.3 is 0 Å². The lowest BCUT2D eigenvalue weighted by Gasteiger charge is -2.29. The minimum atomic E-state index is 1.11. The molecule has 0 aliphatic rings. The summed E-state index contributed by atoms with van der Waals surface area (Å²) >= 11 is 4.98. The molecule has 0 saturated carbocycles. The second-order valence-electron chi connectivity index (χ2n) is 14.1. The molecule has 0 aromatic heterocycles. The molecule has 0 bridgehead atoms. The number of fused-ring (bicyclic) bond motifs is 4. The molecule has 0 N–H and O–H groups in total. The SMILES string of the molecule is Ic1ccc2ccccc2c1N(c1ccc(-c2ccc(N(c3ccc4ccccc4c3)c3c(I)ccc4ccccc34)cc2)cc1)c1ccc2ccccc2c1. The van der Waals surface area contributed by atoms with Crippen molar-refractivity contribution in [2.24, 2.45) is 0 Å². The van der Waals surface area contributed by atoms with E-state index in [4.69, 9.17) is 0 Å². The highest BCUT2D eigenvalue weighted by Gasteiger charge is 2.21. The van der Waals surface area contributed by atoms with Crippen molar-refractivity contribution in [3.8, 4) is 11.1 Å². The molecule has 10 rings (SSSR count). The summed E-state index contributed by atoms with van der Waals surface area (Å²) in [6.07, 6.45) is 0. The lowest BCUT2D eigenvalue weighted by atomic mass is 10.0. The molecule has 10 aromatic rings. The molecular weight excluding hydrogens is 906 g/mol. The summed E-state index contributed by atoms with van der Waals surface area (Å²) in [5.41, 5.74) is 9.21. The molecule has 0 heterocycles. The first-order valence-electron chi connectivity index (χ1n) is 18.7. The molecule has 0 amide bonds. The van der Waals surface area contributed by atoms with Gasteiger partial charge in [-0.15, -0.1) is 0 Å². The maximum absolute atomic E-state index is 2.49. The number of hydrogen-bond donors (Lipinski definition) is 0. The van der Waals surface area contributed by atoms with Crippen molar-refractivity contribution in [1.29, 1.82) is 0 Å². The molecule has 0 unspecified atom stereocenters. The third kappa shape index (κ3) is 6.36. The minimum absolute atomic E-state index is 1.11. The Labute approximate surface area is 353 Å². The number of halogens is 2. The third-order valence-electron chi connectivity index (χ3n) is 10.7. The van der Waals surface area contributed by atoms with Crippen LogP contribution in [0.1, 0.15) is 0 Å². The topological polar surface area (TPSA) is 6.48 Å². The average Bonchev–Trinajstić information content (AvgIpc) is 3.26. The summed E-state index contributed by atoms with van der Waals surface area (Å²) in [4.78, 5) is 4.83. The van der Waals surface area contributed by atoms with Crippen molar-refractivity contribution in [2.75, 3.05) is 9.80 Å². The summed E-state index contributed by atoms with van der Waals surface area (Å²) in [6.45, 7) is 0. The van der Waals surface area contributed by atoms with Crippen LogP contribution in [0.4, 0.5) is 34.1 Å². The molecule has 56 heavy (non-hydrogen) atoms. The van der Waals surface area contributed by atoms with Gasteiger partial charge in [-0.3, -0.25) is 0 Å². The van der Waals surface area contributed by atoms with E-state index in [0.29, 0.717) is 0 Å². The van der Waals surface area contributed by atoms with E-state index in [1.165, 1.54) is 72.7 Å². The predicted octanol–water partition coefficient (Wildman–Crippen LogP) is 16.1. The molecule has 0 atom stereocenters. The largest absolute Gasteiger partial charge is 0.309 e. The van der Waals surface area contributed by atoms with Crippen LogP contribution >= 0.6 is 45.2 Å². The first-order valence-corrected chi connectivity index (χ1v) is 20.9. The van der Waals surface area contributed by atoms with Crippen molar-refractivity contribution in [3.05, 3.63) is 213 Å². The van der Waals surface area contributed by atoms with Crippen LogP contribution in [0.25, 0.3) is 54.2 Å². The van der Waals surface area contributed by atoms with Gasteiger partial charge in [-0.05, 0) is 149 Å². The van der Waals surface area contributed by atoms with Crippen molar-refractivity contribution in [1.82, 2.24) is 0 Å².